The number of nitrogens with two attached hydrogens (primary N) is 1. The van der Waals surface area contributed by atoms with Crippen LogP contribution in [0.2, 0.25) is 0 Å². The molecule has 2 atom stereocenters. The first-order chi connectivity index (χ1) is 7.48. The summed E-state index contributed by atoms with van der Waals surface area (Å²) >= 11 is 0. The molecule has 1 aliphatic heterocycles. The molecule has 0 spiro atoms. The molecule has 1 saturated heterocycles. The van der Waals surface area contributed by atoms with E-state index < -0.39 is 5.60 Å². The Kier molecular flexibility index (Phi) is 2.91. The van der Waals surface area contributed by atoms with Crippen LogP contribution in [0.15, 0.2) is 24.3 Å². The first-order valence-corrected chi connectivity index (χ1v) is 5.80. The van der Waals surface area contributed by atoms with Gasteiger partial charge in [-0.2, -0.15) is 0 Å². The lowest BCUT2D eigenvalue weighted by Gasteiger charge is -2.26. The van der Waals surface area contributed by atoms with Gasteiger partial charge in [-0.05, 0) is 38.0 Å². The number of hydrogen-bond acceptors (Lipinski definition) is 3. The zero-order valence-corrected chi connectivity index (χ0v) is 9.98. The van der Waals surface area contributed by atoms with Crippen molar-refractivity contribution >= 4 is 5.69 Å². The number of β-amino-alcohol motifs (C(OH)–C–C–N with tert-alkyl or cyclic N) is 1. The lowest BCUT2D eigenvalue weighted by molar-refractivity contribution is 0.0634. The fraction of sp³-hybridized carbons (Fsp3) is 0.538. The molecule has 0 radical (unpaired) electrons. The molecule has 1 aromatic carbocycles. The van der Waals surface area contributed by atoms with Crippen molar-refractivity contribution in [2.75, 3.05) is 18.8 Å². The highest BCUT2D eigenvalue weighted by molar-refractivity contribution is 5.41. The van der Waals surface area contributed by atoms with Crippen LogP contribution in [0, 0.1) is 0 Å². The summed E-state index contributed by atoms with van der Waals surface area (Å²) < 4.78 is 0. The van der Waals surface area contributed by atoms with Crippen LogP contribution in [0.3, 0.4) is 0 Å². The van der Waals surface area contributed by atoms with Crippen LogP contribution >= 0.6 is 0 Å². The Bertz CT molecular complexity index is 376. The SMILES string of the molecule is CC(c1cccc(N)c1)N1CCC(C)(O)C1. The summed E-state index contributed by atoms with van der Waals surface area (Å²) in [6.45, 7) is 5.75. The van der Waals surface area contributed by atoms with Crippen molar-refractivity contribution in [1.29, 1.82) is 0 Å². The van der Waals surface area contributed by atoms with Crippen molar-refractivity contribution in [3.63, 3.8) is 0 Å². The third-order valence-corrected chi connectivity index (χ3v) is 3.42. The van der Waals surface area contributed by atoms with Gasteiger partial charge in [-0.1, -0.05) is 12.1 Å². The number of likely N-dealkylation sites (tertiary alicyclic amines) is 1. The lowest BCUT2D eigenvalue weighted by atomic mass is 10.1. The van der Waals surface area contributed by atoms with Crippen LogP contribution in [0.5, 0.6) is 0 Å². The number of nitrogens with zero attached hydrogens (tertiary/aromatic N) is 1. The number of hydrogen-bond donors (Lipinski definition) is 2. The number of anilines is 1. The summed E-state index contributed by atoms with van der Waals surface area (Å²) in [4.78, 5) is 2.30. The van der Waals surface area contributed by atoms with Gasteiger partial charge < -0.3 is 10.8 Å². The third kappa shape index (κ3) is 2.36. The van der Waals surface area contributed by atoms with E-state index in [1.807, 2.05) is 25.1 Å². The molecule has 3 nitrogen and oxygen atoms in total. The third-order valence-electron chi connectivity index (χ3n) is 3.42. The highest BCUT2D eigenvalue weighted by Gasteiger charge is 2.33. The van der Waals surface area contributed by atoms with E-state index in [1.165, 1.54) is 5.56 Å². The van der Waals surface area contributed by atoms with Crippen LogP contribution in [0.25, 0.3) is 0 Å². The number of nitrogen functional groups attached to an aromatic ring is 1. The Morgan fingerprint density at radius 3 is 2.81 bits per heavy atom. The van der Waals surface area contributed by atoms with Crippen molar-refractivity contribution in [1.82, 2.24) is 4.90 Å². The van der Waals surface area contributed by atoms with Gasteiger partial charge in [0.25, 0.3) is 0 Å². The standard InChI is InChI=1S/C13H20N2O/c1-10(11-4-3-5-12(14)8-11)15-7-6-13(2,16)9-15/h3-5,8,10,16H,6-7,9,14H2,1-2H3. The number of benzene rings is 1. The molecule has 88 valence electrons. The van der Waals surface area contributed by atoms with Gasteiger partial charge in [0.2, 0.25) is 0 Å². The molecule has 3 N–H and O–H groups in total. The van der Waals surface area contributed by atoms with Crippen molar-refractivity contribution in [2.45, 2.75) is 31.9 Å². The second-order valence-electron chi connectivity index (χ2n) is 5.06. The van der Waals surface area contributed by atoms with Crippen molar-refractivity contribution in [3.8, 4) is 0 Å². The van der Waals surface area contributed by atoms with E-state index in [0.29, 0.717) is 6.04 Å². The van der Waals surface area contributed by atoms with Gasteiger partial charge in [0.05, 0.1) is 5.60 Å². The Morgan fingerprint density at radius 1 is 1.50 bits per heavy atom. The Hall–Kier alpha value is -1.06. The molecule has 0 bridgehead atoms. The molecule has 0 aromatic heterocycles. The van der Waals surface area contributed by atoms with Gasteiger partial charge in [0, 0.05) is 24.8 Å². The fourth-order valence-corrected chi connectivity index (χ4v) is 2.34. The normalized spacial score (nSPS) is 28.2. The summed E-state index contributed by atoms with van der Waals surface area (Å²) in [6.07, 6.45) is 0.847. The largest absolute Gasteiger partial charge is 0.399 e. The van der Waals surface area contributed by atoms with E-state index >= 15 is 0 Å². The summed E-state index contributed by atoms with van der Waals surface area (Å²) in [5.41, 5.74) is 7.27. The molecular weight excluding hydrogens is 200 g/mol. The van der Waals surface area contributed by atoms with Gasteiger partial charge in [-0.3, -0.25) is 4.90 Å². The van der Waals surface area contributed by atoms with Gasteiger partial charge in [0.1, 0.15) is 0 Å². The predicted octanol–water partition coefficient (Wildman–Crippen LogP) is 1.79. The van der Waals surface area contributed by atoms with Gasteiger partial charge in [-0.25, -0.2) is 0 Å². The number of aliphatic hydroxyl groups is 1. The molecule has 2 rings (SSSR count). The number of rotatable bonds is 2. The van der Waals surface area contributed by atoms with Crippen LogP contribution in [-0.2, 0) is 0 Å². The summed E-state index contributed by atoms with van der Waals surface area (Å²) in [7, 11) is 0. The molecule has 16 heavy (non-hydrogen) atoms. The highest BCUT2D eigenvalue weighted by Crippen LogP contribution is 2.29. The van der Waals surface area contributed by atoms with Crippen molar-refractivity contribution in [3.05, 3.63) is 29.8 Å². The molecular formula is C13H20N2O. The maximum Gasteiger partial charge on any atom is 0.0758 e. The minimum absolute atomic E-state index is 0.317. The second-order valence-corrected chi connectivity index (χ2v) is 5.06. The van der Waals surface area contributed by atoms with Gasteiger partial charge in [0.15, 0.2) is 0 Å². The topological polar surface area (TPSA) is 49.5 Å². The van der Waals surface area contributed by atoms with E-state index in [4.69, 9.17) is 5.73 Å². The molecule has 1 fully saturated rings. The maximum atomic E-state index is 9.95. The van der Waals surface area contributed by atoms with E-state index in [1.54, 1.807) is 0 Å². The Morgan fingerprint density at radius 2 is 2.25 bits per heavy atom. The Labute approximate surface area is 96.9 Å². The van der Waals surface area contributed by atoms with E-state index in [9.17, 15) is 5.11 Å². The van der Waals surface area contributed by atoms with E-state index in [2.05, 4.69) is 17.9 Å². The van der Waals surface area contributed by atoms with E-state index in [0.717, 1.165) is 25.2 Å². The minimum atomic E-state index is -0.533. The molecule has 1 heterocycles. The van der Waals surface area contributed by atoms with Crippen LogP contribution in [0.1, 0.15) is 31.9 Å². The van der Waals surface area contributed by atoms with Crippen LogP contribution in [0.4, 0.5) is 5.69 Å². The molecule has 0 saturated carbocycles. The van der Waals surface area contributed by atoms with Crippen LogP contribution in [-0.4, -0.2) is 28.7 Å². The monoisotopic (exact) mass is 220 g/mol. The fourth-order valence-electron chi connectivity index (χ4n) is 2.34. The predicted molar refractivity (Wildman–Crippen MR) is 66.1 cm³/mol. The second kappa shape index (κ2) is 4.07. The smallest absolute Gasteiger partial charge is 0.0758 e. The zero-order valence-electron chi connectivity index (χ0n) is 9.98. The first-order valence-electron chi connectivity index (χ1n) is 5.80. The average molecular weight is 220 g/mol. The minimum Gasteiger partial charge on any atom is -0.399 e. The van der Waals surface area contributed by atoms with Crippen molar-refractivity contribution in [2.24, 2.45) is 0 Å². The van der Waals surface area contributed by atoms with Gasteiger partial charge >= 0.3 is 0 Å². The van der Waals surface area contributed by atoms with Gasteiger partial charge in [-0.15, -0.1) is 0 Å². The zero-order chi connectivity index (χ0) is 11.8. The first kappa shape index (κ1) is 11.4. The quantitative estimate of drug-likeness (QED) is 0.747. The molecule has 1 aromatic rings. The molecule has 1 aliphatic rings. The molecule has 2 unspecified atom stereocenters. The molecule has 0 amide bonds. The lowest BCUT2D eigenvalue weighted by Crippen LogP contribution is -2.31. The molecule has 3 heteroatoms. The Balaban J connectivity index is 2.11. The summed E-state index contributed by atoms with van der Waals surface area (Å²) in [5.74, 6) is 0. The molecule has 0 aliphatic carbocycles. The maximum absolute atomic E-state index is 9.95. The highest BCUT2D eigenvalue weighted by atomic mass is 16.3. The van der Waals surface area contributed by atoms with Crippen LogP contribution < -0.4 is 5.73 Å². The summed E-state index contributed by atoms with van der Waals surface area (Å²) in [6, 6.07) is 8.30. The average Bonchev–Trinajstić information content (AvgIpc) is 2.58. The van der Waals surface area contributed by atoms with Crippen molar-refractivity contribution < 1.29 is 5.11 Å². The van der Waals surface area contributed by atoms with E-state index in [-0.39, 0.29) is 0 Å². The summed E-state index contributed by atoms with van der Waals surface area (Å²) in [5, 5.41) is 9.95.